The van der Waals surface area contributed by atoms with E-state index in [4.69, 9.17) is 9.47 Å². The number of hydrogen-bond donors (Lipinski definition) is 1. The Hall–Kier alpha value is -1.47. The molecular formula is C14H24N4O3. The number of carbonyl (C=O) groups excluding carboxylic acids is 1. The summed E-state index contributed by atoms with van der Waals surface area (Å²) in [4.78, 5) is 11.6. The van der Waals surface area contributed by atoms with E-state index in [2.05, 4.69) is 29.4 Å². The summed E-state index contributed by atoms with van der Waals surface area (Å²) in [6.45, 7) is 6.06. The normalized spacial score (nSPS) is 18.3. The summed E-state index contributed by atoms with van der Waals surface area (Å²) in [6.07, 6.45) is 4.63. The highest BCUT2D eigenvalue weighted by Crippen LogP contribution is 2.11. The second-order valence-corrected chi connectivity index (χ2v) is 5.50. The minimum Gasteiger partial charge on any atom is -0.376 e. The maximum absolute atomic E-state index is 11.6. The molecule has 1 saturated heterocycles. The van der Waals surface area contributed by atoms with Crippen molar-refractivity contribution >= 4 is 5.91 Å². The molecule has 2 heterocycles. The van der Waals surface area contributed by atoms with Gasteiger partial charge in [0.15, 0.2) is 0 Å². The first-order valence-corrected chi connectivity index (χ1v) is 7.51. The van der Waals surface area contributed by atoms with Crippen molar-refractivity contribution in [2.24, 2.45) is 0 Å². The smallest absolute Gasteiger partial charge is 0.246 e. The topological polar surface area (TPSA) is 78.3 Å². The summed E-state index contributed by atoms with van der Waals surface area (Å²) >= 11 is 0. The van der Waals surface area contributed by atoms with Crippen LogP contribution in [0.4, 0.5) is 0 Å². The Bertz CT molecular complexity index is 441. The van der Waals surface area contributed by atoms with E-state index in [0.29, 0.717) is 25.6 Å². The molecule has 1 aliphatic rings. The predicted molar refractivity (Wildman–Crippen MR) is 76.9 cm³/mol. The Labute approximate surface area is 125 Å². The fourth-order valence-corrected chi connectivity index (χ4v) is 2.30. The zero-order valence-corrected chi connectivity index (χ0v) is 12.7. The average Bonchev–Trinajstić information content (AvgIpc) is 3.09. The van der Waals surface area contributed by atoms with Crippen molar-refractivity contribution in [2.75, 3.05) is 26.4 Å². The van der Waals surface area contributed by atoms with Gasteiger partial charge in [-0.15, -0.1) is 10.2 Å². The Morgan fingerprint density at radius 1 is 1.62 bits per heavy atom. The first-order valence-electron chi connectivity index (χ1n) is 7.51. The van der Waals surface area contributed by atoms with Crippen molar-refractivity contribution in [2.45, 2.75) is 45.3 Å². The summed E-state index contributed by atoms with van der Waals surface area (Å²) in [5, 5.41) is 10.8. The van der Waals surface area contributed by atoms with Crippen LogP contribution in [0.15, 0.2) is 6.33 Å². The number of ether oxygens (including phenoxy) is 2. The van der Waals surface area contributed by atoms with Gasteiger partial charge in [-0.3, -0.25) is 4.79 Å². The highest BCUT2D eigenvalue weighted by Gasteiger charge is 2.16. The third-order valence-electron chi connectivity index (χ3n) is 3.44. The lowest BCUT2D eigenvalue weighted by molar-refractivity contribution is -0.126. The van der Waals surface area contributed by atoms with Gasteiger partial charge in [-0.1, -0.05) is 0 Å². The number of aromatic nitrogens is 3. The van der Waals surface area contributed by atoms with Gasteiger partial charge in [-0.25, -0.2) is 0 Å². The zero-order valence-electron chi connectivity index (χ0n) is 12.7. The van der Waals surface area contributed by atoms with Crippen LogP contribution in [0.3, 0.4) is 0 Å². The van der Waals surface area contributed by atoms with Gasteiger partial charge in [0.2, 0.25) is 5.91 Å². The number of carbonyl (C=O) groups is 1. The highest BCUT2D eigenvalue weighted by molar-refractivity contribution is 5.77. The summed E-state index contributed by atoms with van der Waals surface area (Å²) in [5.74, 6) is 0.772. The van der Waals surface area contributed by atoms with Gasteiger partial charge in [0.05, 0.1) is 12.7 Å². The fraction of sp³-hybridized carbons (Fsp3) is 0.786. The molecule has 7 nitrogen and oxygen atoms in total. The van der Waals surface area contributed by atoms with Gasteiger partial charge in [0.25, 0.3) is 0 Å². The third-order valence-corrected chi connectivity index (χ3v) is 3.44. The van der Waals surface area contributed by atoms with E-state index in [-0.39, 0.29) is 18.6 Å². The van der Waals surface area contributed by atoms with Crippen LogP contribution in [-0.2, 0) is 20.7 Å². The second kappa shape index (κ2) is 8.09. The molecule has 0 radical (unpaired) electrons. The second-order valence-electron chi connectivity index (χ2n) is 5.50. The minimum atomic E-state index is -0.108. The largest absolute Gasteiger partial charge is 0.376 e. The van der Waals surface area contributed by atoms with Crippen molar-refractivity contribution in [3.05, 3.63) is 12.2 Å². The van der Waals surface area contributed by atoms with Crippen LogP contribution in [0, 0.1) is 0 Å². The van der Waals surface area contributed by atoms with Crippen LogP contribution >= 0.6 is 0 Å². The Balaban J connectivity index is 1.59. The lowest BCUT2D eigenvalue weighted by Crippen LogP contribution is -2.31. The molecule has 1 fully saturated rings. The van der Waals surface area contributed by atoms with Crippen molar-refractivity contribution in [3.63, 3.8) is 0 Å². The van der Waals surface area contributed by atoms with Crippen LogP contribution in [0.25, 0.3) is 0 Å². The Morgan fingerprint density at radius 3 is 3.19 bits per heavy atom. The van der Waals surface area contributed by atoms with Crippen molar-refractivity contribution < 1.29 is 14.3 Å². The van der Waals surface area contributed by atoms with Crippen LogP contribution in [0.5, 0.6) is 0 Å². The van der Waals surface area contributed by atoms with Crippen LogP contribution in [-0.4, -0.2) is 53.1 Å². The molecule has 118 valence electrons. The van der Waals surface area contributed by atoms with E-state index in [9.17, 15) is 4.79 Å². The minimum absolute atomic E-state index is 0.0801. The SMILES string of the molecule is CC(C)n1cnnc1CCNC(=O)COC[C@H]1CCCO1. The molecule has 1 amide bonds. The number of nitrogens with one attached hydrogen (secondary N) is 1. The molecule has 7 heteroatoms. The summed E-state index contributed by atoms with van der Waals surface area (Å²) in [6, 6.07) is 0.320. The van der Waals surface area contributed by atoms with E-state index in [1.807, 2.05) is 4.57 Å². The standard InChI is InChI=1S/C14H24N4O3/c1-11(2)18-10-16-17-13(18)5-6-15-14(19)9-20-8-12-4-3-7-21-12/h10-12H,3-9H2,1-2H3,(H,15,19)/t12-/m1/s1. The van der Waals surface area contributed by atoms with Gasteiger partial charge in [0.1, 0.15) is 18.8 Å². The molecule has 21 heavy (non-hydrogen) atoms. The number of nitrogens with zero attached hydrogens (tertiary/aromatic N) is 3. The molecule has 0 spiro atoms. The zero-order chi connectivity index (χ0) is 15.1. The van der Waals surface area contributed by atoms with E-state index in [1.54, 1.807) is 6.33 Å². The third kappa shape index (κ3) is 5.09. The van der Waals surface area contributed by atoms with Gasteiger partial charge in [-0.05, 0) is 26.7 Å². The van der Waals surface area contributed by atoms with Gasteiger partial charge in [-0.2, -0.15) is 0 Å². The van der Waals surface area contributed by atoms with Crippen molar-refractivity contribution in [3.8, 4) is 0 Å². The molecule has 1 aliphatic heterocycles. The number of hydrogen-bond acceptors (Lipinski definition) is 5. The quantitative estimate of drug-likeness (QED) is 0.764. The first kappa shape index (κ1) is 15.9. The van der Waals surface area contributed by atoms with E-state index >= 15 is 0 Å². The monoisotopic (exact) mass is 296 g/mol. The predicted octanol–water partition coefficient (Wildman–Crippen LogP) is 0.713. The summed E-state index contributed by atoms with van der Waals surface area (Å²) in [5.41, 5.74) is 0. The van der Waals surface area contributed by atoms with Crippen molar-refractivity contribution in [1.29, 1.82) is 0 Å². The van der Waals surface area contributed by atoms with Gasteiger partial charge in [0, 0.05) is 25.6 Å². The molecule has 0 bridgehead atoms. The van der Waals surface area contributed by atoms with Crippen LogP contribution in [0.2, 0.25) is 0 Å². The summed E-state index contributed by atoms with van der Waals surface area (Å²) < 4.78 is 12.8. The maximum Gasteiger partial charge on any atom is 0.246 e. The van der Waals surface area contributed by atoms with E-state index in [1.165, 1.54) is 0 Å². The molecule has 0 saturated carbocycles. The molecule has 1 atom stereocenters. The lowest BCUT2D eigenvalue weighted by Gasteiger charge is -2.11. The fourth-order valence-electron chi connectivity index (χ4n) is 2.30. The molecule has 0 aromatic carbocycles. The summed E-state index contributed by atoms with van der Waals surface area (Å²) in [7, 11) is 0. The lowest BCUT2D eigenvalue weighted by atomic mass is 10.2. The molecule has 0 aliphatic carbocycles. The van der Waals surface area contributed by atoms with Gasteiger partial charge < -0.3 is 19.4 Å². The molecule has 0 unspecified atom stereocenters. The number of amides is 1. The molecule has 1 N–H and O–H groups in total. The molecule has 1 aromatic rings. The highest BCUT2D eigenvalue weighted by atomic mass is 16.5. The van der Waals surface area contributed by atoms with Gasteiger partial charge >= 0.3 is 0 Å². The van der Waals surface area contributed by atoms with E-state index < -0.39 is 0 Å². The van der Waals surface area contributed by atoms with Crippen LogP contribution < -0.4 is 5.32 Å². The van der Waals surface area contributed by atoms with Crippen molar-refractivity contribution in [1.82, 2.24) is 20.1 Å². The first-order chi connectivity index (χ1) is 10.2. The average molecular weight is 296 g/mol. The molecule has 1 aromatic heterocycles. The Kier molecular flexibility index (Phi) is 6.13. The Morgan fingerprint density at radius 2 is 2.48 bits per heavy atom. The van der Waals surface area contributed by atoms with Crippen LogP contribution in [0.1, 0.15) is 38.6 Å². The maximum atomic E-state index is 11.6. The molecule has 2 rings (SSSR count). The molecular weight excluding hydrogens is 272 g/mol. The number of rotatable bonds is 8. The van der Waals surface area contributed by atoms with E-state index in [0.717, 1.165) is 25.3 Å².